The minimum absolute atomic E-state index is 0.0319. The SMILES string of the molecule is O=C(c1n[nH]c2c1CCCC2)N1CCC(c2nc(-c3ccc4c(c3)OCO4)no2)CC1. The first kappa shape index (κ1) is 18.4. The van der Waals surface area contributed by atoms with Gasteiger partial charge in [-0.15, -0.1) is 0 Å². The Kier molecular flexibility index (Phi) is 4.40. The number of ether oxygens (including phenoxy) is 2. The summed E-state index contributed by atoms with van der Waals surface area (Å²) < 4.78 is 16.3. The van der Waals surface area contributed by atoms with E-state index in [9.17, 15) is 4.79 Å². The number of likely N-dealkylation sites (tertiary alicyclic amines) is 1. The van der Waals surface area contributed by atoms with Gasteiger partial charge in [0, 0.05) is 35.8 Å². The molecule has 0 atom stereocenters. The second-order valence-electron chi connectivity index (χ2n) is 8.33. The number of aromatic amines is 1. The highest BCUT2D eigenvalue weighted by Gasteiger charge is 2.31. The molecule has 0 bridgehead atoms. The van der Waals surface area contributed by atoms with E-state index in [4.69, 9.17) is 14.0 Å². The minimum Gasteiger partial charge on any atom is -0.454 e. The number of piperidine rings is 1. The van der Waals surface area contributed by atoms with Gasteiger partial charge in [0.15, 0.2) is 17.2 Å². The molecule has 2 aromatic heterocycles. The van der Waals surface area contributed by atoms with E-state index in [-0.39, 0.29) is 18.6 Å². The zero-order chi connectivity index (χ0) is 20.8. The summed E-state index contributed by atoms with van der Waals surface area (Å²) in [5.74, 6) is 2.75. The highest BCUT2D eigenvalue weighted by molar-refractivity contribution is 5.94. The van der Waals surface area contributed by atoms with Crippen molar-refractivity contribution in [1.82, 2.24) is 25.2 Å². The number of hydrogen-bond acceptors (Lipinski definition) is 7. The Morgan fingerprint density at radius 1 is 1.10 bits per heavy atom. The van der Waals surface area contributed by atoms with Gasteiger partial charge in [0.25, 0.3) is 5.91 Å². The van der Waals surface area contributed by atoms with E-state index < -0.39 is 0 Å². The second-order valence-corrected chi connectivity index (χ2v) is 8.33. The van der Waals surface area contributed by atoms with E-state index >= 15 is 0 Å². The lowest BCUT2D eigenvalue weighted by atomic mass is 9.94. The van der Waals surface area contributed by atoms with Crippen LogP contribution >= 0.6 is 0 Å². The molecule has 1 saturated heterocycles. The highest BCUT2D eigenvalue weighted by atomic mass is 16.7. The fourth-order valence-electron chi connectivity index (χ4n) is 4.69. The van der Waals surface area contributed by atoms with Gasteiger partial charge in [0.1, 0.15) is 0 Å². The van der Waals surface area contributed by atoms with Crippen molar-refractivity contribution in [3.8, 4) is 22.9 Å². The number of rotatable bonds is 3. The van der Waals surface area contributed by atoms with Crippen LogP contribution in [0.5, 0.6) is 11.5 Å². The molecule has 160 valence electrons. The predicted octanol–water partition coefficient (Wildman–Crippen LogP) is 3.09. The average molecular weight is 421 g/mol. The van der Waals surface area contributed by atoms with E-state index in [2.05, 4.69) is 20.3 Å². The van der Waals surface area contributed by atoms with E-state index in [1.807, 2.05) is 23.1 Å². The quantitative estimate of drug-likeness (QED) is 0.693. The fraction of sp³-hybridized carbons (Fsp3) is 0.455. The minimum atomic E-state index is 0.0319. The van der Waals surface area contributed by atoms with Gasteiger partial charge in [0.05, 0.1) is 0 Å². The Hall–Kier alpha value is -3.36. The van der Waals surface area contributed by atoms with Crippen LogP contribution in [0.15, 0.2) is 22.7 Å². The van der Waals surface area contributed by atoms with Crippen molar-refractivity contribution in [2.75, 3.05) is 19.9 Å². The number of hydrogen-bond donors (Lipinski definition) is 1. The maximum atomic E-state index is 13.0. The topological polar surface area (TPSA) is 106 Å². The summed E-state index contributed by atoms with van der Waals surface area (Å²) in [4.78, 5) is 19.5. The summed E-state index contributed by atoms with van der Waals surface area (Å²) in [6.45, 7) is 1.55. The number of carbonyl (C=O) groups excluding carboxylic acids is 1. The highest BCUT2D eigenvalue weighted by Crippen LogP contribution is 2.36. The third-order valence-corrected chi connectivity index (χ3v) is 6.46. The van der Waals surface area contributed by atoms with Crippen LogP contribution in [0.2, 0.25) is 0 Å². The monoisotopic (exact) mass is 421 g/mol. The van der Waals surface area contributed by atoms with Gasteiger partial charge >= 0.3 is 0 Å². The molecule has 31 heavy (non-hydrogen) atoms. The zero-order valence-electron chi connectivity index (χ0n) is 17.1. The molecule has 6 rings (SSSR count). The van der Waals surface area contributed by atoms with Crippen LogP contribution < -0.4 is 9.47 Å². The third kappa shape index (κ3) is 3.24. The maximum Gasteiger partial charge on any atom is 0.274 e. The summed E-state index contributed by atoms with van der Waals surface area (Å²) in [7, 11) is 0. The Balaban J connectivity index is 1.13. The molecule has 2 aliphatic heterocycles. The normalized spacial score (nSPS) is 18.3. The van der Waals surface area contributed by atoms with Crippen LogP contribution in [-0.4, -0.2) is 51.0 Å². The number of nitrogens with one attached hydrogen (secondary N) is 1. The van der Waals surface area contributed by atoms with Crippen molar-refractivity contribution in [2.45, 2.75) is 44.4 Å². The van der Waals surface area contributed by atoms with Crippen LogP contribution in [0.25, 0.3) is 11.4 Å². The zero-order valence-corrected chi connectivity index (χ0v) is 17.1. The van der Waals surface area contributed by atoms with E-state index in [1.165, 1.54) is 0 Å². The molecular formula is C22H23N5O4. The molecule has 1 aliphatic carbocycles. The Bertz CT molecular complexity index is 1130. The molecule has 9 nitrogen and oxygen atoms in total. The van der Waals surface area contributed by atoms with Gasteiger partial charge in [-0.05, 0) is 56.7 Å². The number of nitrogens with zero attached hydrogens (tertiary/aromatic N) is 4. The van der Waals surface area contributed by atoms with Crippen molar-refractivity contribution in [2.24, 2.45) is 0 Å². The Labute approximate surface area is 178 Å². The van der Waals surface area contributed by atoms with Crippen molar-refractivity contribution < 1.29 is 18.8 Å². The first-order valence-corrected chi connectivity index (χ1v) is 10.9. The van der Waals surface area contributed by atoms with Crippen molar-refractivity contribution in [3.05, 3.63) is 41.0 Å². The van der Waals surface area contributed by atoms with Gasteiger partial charge < -0.3 is 18.9 Å². The molecule has 0 spiro atoms. The molecular weight excluding hydrogens is 398 g/mol. The average Bonchev–Trinajstić information content (AvgIpc) is 3.57. The van der Waals surface area contributed by atoms with Crippen LogP contribution in [0.4, 0.5) is 0 Å². The van der Waals surface area contributed by atoms with Crippen LogP contribution in [0.3, 0.4) is 0 Å². The Morgan fingerprint density at radius 3 is 2.84 bits per heavy atom. The van der Waals surface area contributed by atoms with Crippen molar-refractivity contribution >= 4 is 5.91 Å². The lowest BCUT2D eigenvalue weighted by Crippen LogP contribution is -2.38. The number of amides is 1. The maximum absolute atomic E-state index is 13.0. The first-order valence-electron chi connectivity index (χ1n) is 10.9. The number of fused-ring (bicyclic) bond motifs is 2. The first-order chi connectivity index (χ1) is 15.3. The number of aromatic nitrogens is 4. The predicted molar refractivity (Wildman–Crippen MR) is 109 cm³/mol. The van der Waals surface area contributed by atoms with Crippen LogP contribution in [0, 0.1) is 0 Å². The molecule has 3 aliphatic rings. The Morgan fingerprint density at radius 2 is 1.94 bits per heavy atom. The molecule has 9 heteroatoms. The van der Waals surface area contributed by atoms with E-state index in [0.717, 1.165) is 61.1 Å². The summed E-state index contributed by atoms with van der Waals surface area (Å²) in [5, 5.41) is 11.6. The van der Waals surface area contributed by atoms with Crippen molar-refractivity contribution in [1.29, 1.82) is 0 Å². The number of H-pyrrole nitrogens is 1. The van der Waals surface area contributed by atoms with Crippen molar-refractivity contribution in [3.63, 3.8) is 0 Å². The number of carbonyl (C=O) groups is 1. The molecule has 3 aromatic rings. The second kappa shape index (κ2) is 7.40. The fourth-order valence-corrected chi connectivity index (χ4v) is 4.69. The molecule has 0 saturated carbocycles. The van der Waals surface area contributed by atoms with Gasteiger partial charge in [0.2, 0.25) is 18.5 Å². The van der Waals surface area contributed by atoms with Crippen LogP contribution in [0.1, 0.15) is 59.2 Å². The molecule has 4 heterocycles. The van der Waals surface area contributed by atoms with Gasteiger partial charge in [-0.3, -0.25) is 9.89 Å². The van der Waals surface area contributed by atoms with E-state index in [1.54, 1.807) is 0 Å². The standard InChI is InChI=1S/C22H23N5O4/c28-22(19-15-3-1-2-4-16(15)24-25-19)27-9-7-13(8-10-27)21-23-20(26-31-21)14-5-6-17-18(11-14)30-12-29-17/h5-6,11,13H,1-4,7-10,12H2,(H,24,25). The van der Waals surface area contributed by atoms with E-state index in [0.29, 0.717) is 36.2 Å². The lowest BCUT2D eigenvalue weighted by molar-refractivity contribution is 0.0697. The molecule has 1 N–H and O–H groups in total. The van der Waals surface area contributed by atoms with Gasteiger partial charge in [-0.1, -0.05) is 5.16 Å². The molecule has 1 amide bonds. The summed E-state index contributed by atoms with van der Waals surface area (Å²) in [6.07, 6.45) is 5.79. The summed E-state index contributed by atoms with van der Waals surface area (Å²) >= 11 is 0. The van der Waals surface area contributed by atoms with Crippen LogP contribution in [-0.2, 0) is 12.8 Å². The smallest absolute Gasteiger partial charge is 0.274 e. The third-order valence-electron chi connectivity index (χ3n) is 6.46. The summed E-state index contributed by atoms with van der Waals surface area (Å²) in [5.41, 5.74) is 3.68. The molecule has 1 aromatic carbocycles. The lowest BCUT2D eigenvalue weighted by Gasteiger charge is -2.30. The number of benzene rings is 1. The molecule has 0 unspecified atom stereocenters. The summed E-state index contributed by atoms with van der Waals surface area (Å²) in [6, 6.07) is 5.61. The van der Waals surface area contributed by atoms with Gasteiger partial charge in [-0.25, -0.2) is 0 Å². The molecule has 0 radical (unpaired) electrons. The van der Waals surface area contributed by atoms with Gasteiger partial charge in [-0.2, -0.15) is 10.1 Å². The number of aryl methyl sites for hydroxylation is 1. The molecule has 1 fully saturated rings. The largest absolute Gasteiger partial charge is 0.454 e.